The Kier molecular flexibility index (Phi) is 6.11. The van der Waals surface area contributed by atoms with E-state index in [2.05, 4.69) is 10.3 Å². The summed E-state index contributed by atoms with van der Waals surface area (Å²) in [5.74, 6) is 1.93. The fourth-order valence-corrected chi connectivity index (χ4v) is 4.54. The van der Waals surface area contributed by atoms with Crippen LogP contribution in [-0.2, 0) is 11.2 Å². The number of benzene rings is 2. The summed E-state index contributed by atoms with van der Waals surface area (Å²) in [6.45, 7) is 4.45. The molecule has 0 saturated carbocycles. The van der Waals surface area contributed by atoms with E-state index < -0.39 is 12.0 Å². The predicted molar refractivity (Wildman–Crippen MR) is 117 cm³/mol. The van der Waals surface area contributed by atoms with Gasteiger partial charge in [-0.3, -0.25) is 10.1 Å². The van der Waals surface area contributed by atoms with Crippen LogP contribution >= 0.6 is 11.8 Å². The van der Waals surface area contributed by atoms with Crippen molar-refractivity contribution in [3.05, 3.63) is 71.1 Å². The van der Waals surface area contributed by atoms with Gasteiger partial charge in [0.25, 0.3) is 0 Å². The first-order chi connectivity index (χ1) is 14.5. The number of ether oxygens (including phenoxy) is 1. The second-order valence-corrected chi connectivity index (χ2v) is 8.47. The lowest BCUT2D eigenvalue weighted by atomic mass is 10.1. The Balaban J connectivity index is 1.36. The molecule has 0 spiro atoms. The lowest BCUT2D eigenvalue weighted by Gasteiger charge is -2.13. The summed E-state index contributed by atoms with van der Waals surface area (Å²) in [6.07, 6.45) is 0.642. The van der Waals surface area contributed by atoms with Crippen LogP contribution in [0.15, 0.2) is 52.9 Å². The quantitative estimate of drug-likeness (QED) is 0.583. The normalized spacial score (nSPS) is 18.5. The molecule has 0 radical (unpaired) electrons. The van der Waals surface area contributed by atoms with Gasteiger partial charge >= 0.3 is 5.97 Å². The Morgan fingerprint density at radius 2 is 2.07 bits per heavy atom. The van der Waals surface area contributed by atoms with Gasteiger partial charge in [-0.05, 0) is 43.7 Å². The molecule has 0 aliphatic carbocycles. The second kappa shape index (κ2) is 8.93. The molecule has 6 nitrogen and oxygen atoms in total. The fraction of sp³-hybridized carbons (Fsp3) is 0.304. The van der Waals surface area contributed by atoms with E-state index in [-0.39, 0.29) is 5.37 Å². The average Bonchev–Trinajstić information content (AvgIpc) is 3.37. The van der Waals surface area contributed by atoms with Crippen molar-refractivity contribution >= 4 is 17.7 Å². The molecule has 30 heavy (non-hydrogen) atoms. The molecule has 0 amide bonds. The van der Waals surface area contributed by atoms with Crippen molar-refractivity contribution < 1.29 is 19.1 Å². The van der Waals surface area contributed by atoms with E-state index in [0.717, 1.165) is 28.3 Å². The second-order valence-electron chi connectivity index (χ2n) is 7.33. The molecule has 156 valence electrons. The SMILES string of the molecule is Cc1ccc(-c2nc(CCOc3cccc(C4NC(C(=O)O)CS4)c3)c(C)o2)cc1. The number of rotatable bonds is 7. The molecular weight excluding hydrogens is 400 g/mol. The molecule has 1 aromatic heterocycles. The van der Waals surface area contributed by atoms with Gasteiger partial charge in [0.05, 0.1) is 17.7 Å². The minimum atomic E-state index is -0.814. The van der Waals surface area contributed by atoms with Crippen LogP contribution in [0.1, 0.15) is 28.0 Å². The number of thioether (sulfide) groups is 1. The highest BCUT2D eigenvalue weighted by molar-refractivity contribution is 7.99. The zero-order valence-corrected chi connectivity index (χ0v) is 17.7. The predicted octanol–water partition coefficient (Wildman–Crippen LogP) is 4.37. The molecule has 2 unspecified atom stereocenters. The third-order valence-corrected chi connectivity index (χ3v) is 6.31. The molecule has 2 heterocycles. The summed E-state index contributed by atoms with van der Waals surface area (Å²) in [5.41, 5.74) is 4.06. The molecule has 1 fully saturated rings. The van der Waals surface area contributed by atoms with E-state index in [9.17, 15) is 4.79 Å². The molecule has 7 heteroatoms. The Morgan fingerprint density at radius 3 is 2.80 bits per heavy atom. The van der Waals surface area contributed by atoms with E-state index in [1.54, 1.807) is 11.8 Å². The minimum Gasteiger partial charge on any atom is -0.493 e. The number of carboxylic acid groups (broad SMARTS) is 1. The molecule has 1 aliphatic heterocycles. The van der Waals surface area contributed by atoms with Gasteiger partial charge in [0.15, 0.2) is 0 Å². The van der Waals surface area contributed by atoms with Gasteiger partial charge < -0.3 is 14.3 Å². The summed E-state index contributed by atoms with van der Waals surface area (Å²) < 4.78 is 11.8. The molecule has 0 bridgehead atoms. The highest BCUT2D eigenvalue weighted by Gasteiger charge is 2.30. The van der Waals surface area contributed by atoms with Crippen LogP contribution in [0.3, 0.4) is 0 Å². The lowest BCUT2D eigenvalue weighted by molar-refractivity contribution is -0.138. The summed E-state index contributed by atoms with van der Waals surface area (Å²) in [7, 11) is 0. The van der Waals surface area contributed by atoms with Crippen LogP contribution in [0, 0.1) is 13.8 Å². The van der Waals surface area contributed by atoms with Crippen molar-refractivity contribution in [2.24, 2.45) is 0 Å². The van der Waals surface area contributed by atoms with Gasteiger partial charge in [0, 0.05) is 17.7 Å². The number of aliphatic carboxylic acids is 1. The number of nitrogens with zero attached hydrogens (tertiary/aromatic N) is 1. The first kappa shape index (κ1) is 20.5. The van der Waals surface area contributed by atoms with E-state index in [4.69, 9.17) is 14.3 Å². The number of nitrogens with one attached hydrogen (secondary N) is 1. The Bertz CT molecular complexity index is 1030. The van der Waals surface area contributed by atoms with Crippen molar-refractivity contribution in [3.8, 4) is 17.2 Å². The molecule has 1 aliphatic rings. The smallest absolute Gasteiger partial charge is 0.321 e. The number of aryl methyl sites for hydroxylation is 2. The van der Waals surface area contributed by atoms with Gasteiger partial charge in [0.2, 0.25) is 5.89 Å². The number of carboxylic acids is 1. The average molecular weight is 425 g/mol. The number of carbonyl (C=O) groups is 1. The van der Waals surface area contributed by atoms with Gasteiger partial charge in [-0.15, -0.1) is 11.8 Å². The van der Waals surface area contributed by atoms with Crippen molar-refractivity contribution in [3.63, 3.8) is 0 Å². The van der Waals surface area contributed by atoms with Gasteiger partial charge in [-0.1, -0.05) is 29.8 Å². The standard InChI is InChI=1S/C23H24N2O4S/c1-14-6-8-16(9-7-14)21-24-19(15(2)29-21)10-11-28-18-5-3-4-17(12-18)22-25-20(13-30-22)23(26)27/h3-9,12,20,22,25H,10-11,13H2,1-2H3,(H,26,27). The maximum Gasteiger partial charge on any atom is 0.321 e. The highest BCUT2D eigenvalue weighted by atomic mass is 32.2. The lowest BCUT2D eigenvalue weighted by Crippen LogP contribution is -2.33. The van der Waals surface area contributed by atoms with Gasteiger partial charge in [-0.25, -0.2) is 4.98 Å². The Labute approximate surface area is 179 Å². The first-order valence-corrected chi connectivity index (χ1v) is 10.9. The fourth-order valence-electron chi connectivity index (χ4n) is 3.32. The number of aromatic nitrogens is 1. The zero-order valence-electron chi connectivity index (χ0n) is 16.9. The first-order valence-electron chi connectivity index (χ1n) is 9.86. The van der Waals surface area contributed by atoms with Crippen LogP contribution in [-0.4, -0.2) is 34.5 Å². The molecule has 3 aromatic rings. The third kappa shape index (κ3) is 4.68. The number of hydrogen-bond donors (Lipinski definition) is 2. The topological polar surface area (TPSA) is 84.6 Å². The molecule has 2 N–H and O–H groups in total. The molecule has 2 atom stereocenters. The summed E-state index contributed by atoms with van der Waals surface area (Å²) in [6, 6.07) is 15.4. The van der Waals surface area contributed by atoms with E-state index >= 15 is 0 Å². The Morgan fingerprint density at radius 1 is 1.27 bits per heavy atom. The summed E-state index contributed by atoms with van der Waals surface area (Å²) >= 11 is 1.59. The summed E-state index contributed by atoms with van der Waals surface area (Å²) in [5, 5.41) is 12.2. The van der Waals surface area contributed by atoms with Crippen LogP contribution in [0.2, 0.25) is 0 Å². The van der Waals surface area contributed by atoms with Crippen molar-refractivity contribution in [2.75, 3.05) is 12.4 Å². The molecular formula is C23H24N2O4S. The monoisotopic (exact) mass is 424 g/mol. The van der Waals surface area contributed by atoms with Crippen molar-refractivity contribution in [1.29, 1.82) is 0 Å². The summed E-state index contributed by atoms with van der Waals surface area (Å²) in [4.78, 5) is 15.8. The maximum atomic E-state index is 11.1. The largest absolute Gasteiger partial charge is 0.493 e. The molecule has 4 rings (SSSR count). The van der Waals surface area contributed by atoms with E-state index in [0.29, 0.717) is 24.7 Å². The number of hydrogen-bond acceptors (Lipinski definition) is 6. The number of oxazole rings is 1. The van der Waals surface area contributed by atoms with Crippen LogP contribution in [0.4, 0.5) is 0 Å². The van der Waals surface area contributed by atoms with E-state index in [1.807, 2.05) is 62.4 Å². The minimum absolute atomic E-state index is 0.0375. The molecule has 2 aromatic carbocycles. The van der Waals surface area contributed by atoms with Gasteiger partial charge in [0.1, 0.15) is 17.6 Å². The highest BCUT2D eigenvalue weighted by Crippen LogP contribution is 2.34. The Hall–Kier alpha value is -2.77. The maximum absolute atomic E-state index is 11.1. The van der Waals surface area contributed by atoms with Crippen LogP contribution in [0.25, 0.3) is 11.5 Å². The van der Waals surface area contributed by atoms with Crippen LogP contribution in [0.5, 0.6) is 5.75 Å². The van der Waals surface area contributed by atoms with Crippen LogP contribution < -0.4 is 10.1 Å². The van der Waals surface area contributed by atoms with Crippen molar-refractivity contribution in [1.82, 2.24) is 10.3 Å². The third-order valence-electron chi connectivity index (χ3n) is 5.04. The van der Waals surface area contributed by atoms with E-state index in [1.165, 1.54) is 5.56 Å². The molecule has 1 saturated heterocycles. The van der Waals surface area contributed by atoms with Crippen molar-refractivity contribution in [2.45, 2.75) is 31.7 Å². The zero-order chi connectivity index (χ0) is 21.1. The van der Waals surface area contributed by atoms with Gasteiger partial charge in [-0.2, -0.15) is 0 Å².